The normalized spacial score (nSPS) is 20.2. The molecule has 0 aliphatic carbocycles. The van der Waals surface area contributed by atoms with E-state index in [0.29, 0.717) is 11.4 Å². The van der Waals surface area contributed by atoms with E-state index in [-0.39, 0.29) is 6.04 Å². The second-order valence-electron chi connectivity index (χ2n) is 5.68. The molecule has 0 bridgehead atoms. The largest absolute Gasteiger partial charge is 0.480 e. The van der Waals surface area contributed by atoms with Crippen LogP contribution in [0.25, 0.3) is 0 Å². The molecule has 116 valence electrons. The van der Waals surface area contributed by atoms with Crippen molar-refractivity contribution >= 4 is 28.9 Å². The van der Waals surface area contributed by atoms with Crippen LogP contribution in [0, 0.1) is 6.92 Å². The lowest BCUT2D eigenvalue weighted by atomic mass is 10.0. The predicted molar refractivity (Wildman–Crippen MR) is 89.7 cm³/mol. The van der Waals surface area contributed by atoms with E-state index >= 15 is 0 Å². The molecule has 1 N–H and O–H groups in total. The van der Waals surface area contributed by atoms with Crippen molar-refractivity contribution in [2.75, 3.05) is 6.54 Å². The number of rotatable bonds is 4. The number of halogens is 1. The van der Waals surface area contributed by atoms with E-state index in [4.69, 9.17) is 11.6 Å². The van der Waals surface area contributed by atoms with Crippen molar-refractivity contribution in [3.63, 3.8) is 0 Å². The van der Waals surface area contributed by atoms with Gasteiger partial charge in [-0.15, -0.1) is 11.3 Å². The van der Waals surface area contributed by atoms with Crippen LogP contribution in [0.5, 0.6) is 0 Å². The summed E-state index contributed by atoms with van der Waals surface area (Å²) >= 11 is 8.08. The highest BCUT2D eigenvalue weighted by atomic mass is 35.5. The van der Waals surface area contributed by atoms with Gasteiger partial charge in [-0.3, -0.25) is 9.69 Å². The van der Waals surface area contributed by atoms with E-state index in [9.17, 15) is 9.90 Å². The summed E-state index contributed by atoms with van der Waals surface area (Å²) in [5.41, 5.74) is 2.18. The fraction of sp³-hybridized carbons (Fsp3) is 0.353. The van der Waals surface area contributed by atoms with Gasteiger partial charge in [-0.2, -0.15) is 0 Å². The number of hydrogen-bond donors (Lipinski definition) is 1. The molecule has 5 heteroatoms. The van der Waals surface area contributed by atoms with Gasteiger partial charge in [-0.1, -0.05) is 29.8 Å². The Labute approximate surface area is 139 Å². The van der Waals surface area contributed by atoms with Gasteiger partial charge < -0.3 is 5.11 Å². The first-order valence-electron chi connectivity index (χ1n) is 7.36. The molecule has 2 heterocycles. The zero-order valence-corrected chi connectivity index (χ0v) is 13.9. The van der Waals surface area contributed by atoms with Crippen LogP contribution in [0.4, 0.5) is 0 Å². The molecule has 1 aromatic heterocycles. The van der Waals surface area contributed by atoms with Crippen molar-refractivity contribution in [1.82, 2.24) is 4.90 Å². The Hall–Kier alpha value is -1.36. The van der Waals surface area contributed by atoms with Gasteiger partial charge in [0.25, 0.3) is 0 Å². The molecule has 0 radical (unpaired) electrons. The Morgan fingerprint density at radius 3 is 2.86 bits per heavy atom. The second-order valence-corrected chi connectivity index (χ2v) is 7.03. The number of hydrogen-bond acceptors (Lipinski definition) is 3. The van der Waals surface area contributed by atoms with E-state index < -0.39 is 12.0 Å². The Morgan fingerprint density at radius 2 is 2.23 bits per heavy atom. The number of likely N-dealkylation sites (tertiary alicyclic amines) is 1. The van der Waals surface area contributed by atoms with Crippen LogP contribution in [-0.4, -0.2) is 28.6 Å². The van der Waals surface area contributed by atoms with Crippen molar-refractivity contribution in [3.8, 4) is 0 Å². The molecule has 1 aliphatic heterocycles. The highest BCUT2D eigenvalue weighted by molar-refractivity contribution is 7.10. The first-order chi connectivity index (χ1) is 10.6. The number of benzene rings is 1. The molecule has 2 unspecified atom stereocenters. The maximum atomic E-state index is 11.6. The van der Waals surface area contributed by atoms with Gasteiger partial charge in [0.05, 0.1) is 6.04 Å². The monoisotopic (exact) mass is 335 g/mol. The molecule has 2 atom stereocenters. The first-order valence-corrected chi connectivity index (χ1v) is 8.61. The number of carboxylic acids is 1. The van der Waals surface area contributed by atoms with Gasteiger partial charge in [0, 0.05) is 16.4 Å². The third-order valence-corrected chi connectivity index (χ3v) is 5.58. The third kappa shape index (κ3) is 2.91. The maximum absolute atomic E-state index is 11.6. The first kappa shape index (κ1) is 15.5. The minimum Gasteiger partial charge on any atom is -0.480 e. The third-order valence-electron chi connectivity index (χ3n) is 4.13. The van der Waals surface area contributed by atoms with Gasteiger partial charge in [-0.25, -0.2) is 0 Å². The lowest BCUT2D eigenvalue weighted by Gasteiger charge is -2.31. The molecule has 1 fully saturated rings. The number of carboxylic acid groups (broad SMARTS) is 1. The average Bonchev–Trinajstić information content (AvgIpc) is 3.11. The number of aryl methyl sites for hydroxylation is 1. The summed E-state index contributed by atoms with van der Waals surface area (Å²) in [6, 6.07) is 9.34. The lowest BCUT2D eigenvalue weighted by molar-refractivity contribution is -0.142. The van der Waals surface area contributed by atoms with Crippen molar-refractivity contribution in [1.29, 1.82) is 0 Å². The van der Waals surface area contributed by atoms with E-state index in [1.807, 2.05) is 24.3 Å². The molecule has 3 nitrogen and oxygen atoms in total. The average molecular weight is 336 g/mol. The van der Waals surface area contributed by atoms with Crippen LogP contribution in [0.15, 0.2) is 35.7 Å². The molecule has 3 rings (SSSR count). The van der Waals surface area contributed by atoms with Gasteiger partial charge >= 0.3 is 5.97 Å². The molecular weight excluding hydrogens is 318 g/mol. The number of aliphatic carboxylic acids is 1. The topological polar surface area (TPSA) is 40.5 Å². The Kier molecular flexibility index (Phi) is 4.52. The van der Waals surface area contributed by atoms with Gasteiger partial charge in [0.15, 0.2) is 0 Å². The van der Waals surface area contributed by atoms with E-state index in [1.165, 1.54) is 5.56 Å². The highest BCUT2D eigenvalue weighted by Gasteiger charge is 2.37. The Balaban J connectivity index is 2.07. The molecule has 0 spiro atoms. The summed E-state index contributed by atoms with van der Waals surface area (Å²) in [6.45, 7) is 2.84. The molecule has 1 aromatic carbocycles. The zero-order chi connectivity index (χ0) is 15.7. The SMILES string of the molecule is Cc1csc(C(c2ccccc2Cl)N2CCCC2C(=O)O)c1. The molecule has 2 aromatic rings. The van der Waals surface area contributed by atoms with E-state index in [1.54, 1.807) is 11.3 Å². The Bertz CT molecular complexity index is 685. The van der Waals surface area contributed by atoms with Crippen molar-refractivity contribution in [2.45, 2.75) is 31.8 Å². The van der Waals surface area contributed by atoms with Gasteiger partial charge in [0.2, 0.25) is 0 Å². The second kappa shape index (κ2) is 6.41. The van der Waals surface area contributed by atoms with Crippen molar-refractivity contribution < 1.29 is 9.90 Å². The van der Waals surface area contributed by atoms with Gasteiger partial charge in [-0.05, 0) is 48.4 Å². The predicted octanol–water partition coefficient (Wildman–Crippen LogP) is 4.35. The molecule has 22 heavy (non-hydrogen) atoms. The molecule has 0 saturated carbocycles. The summed E-state index contributed by atoms with van der Waals surface area (Å²) in [5, 5.41) is 12.3. The summed E-state index contributed by atoms with van der Waals surface area (Å²) in [7, 11) is 0. The Morgan fingerprint density at radius 1 is 1.45 bits per heavy atom. The summed E-state index contributed by atoms with van der Waals surface area (Å²) < 4.78 is 0. The minimum absolute atomic E-state index is 0.0870. The highest BCUT2D eigenvalue weighted by Crippen LogP contribution is 2.40. The summed E-state index contributed by atoms with van der Waals surface area (Å²) in [5.74, 6) is -0.747. The maximum Gasteiger partial charge on any atom is 0.320 e. The van der Waals surface area contributed by atoms with Gasteiger partial charge in [0.1, 0.15) is 6.04 Å². The van der Waals surface area contributed by atoms with Crippen LogP contribution in [-0.2, 0) is 4.79 Å². The lowest BCUT2D eigenvalue weighted by Crippen LogP contribution is -2.39. The molecule has 1 saturated heterocycles. The number of nitrogens with zero attached hydrogens (tertiary/aromatic N) is 1. The smallest absolute Gasteiger partial charge is 0.320 e. The summed E-state index contributed by atoms with van der Waals surface area (Å²) in [4.78, 5) is 14.8. The summed E-state index contributed by atoms with van der Waals surface area (Å²) in [6.07, 6.45) is 1.60. The quantitative estimate of drug-likeness (QED) is 0.903. The van der Waals surface area contributed by atoms with Crippen LogP contribution in [0.2, 0.25) is 5.02 Å². The number of thiophene rings is 1. The zero-order valence-electron chi connectivity index (χ0n) is 12.3. The van der Waals surface area contributed by atoms with Crippen LogP contribution < -0.4 is 0 Å². The van der Waals surface area contributed by atoms with Crippen LogP contribution >= 0.6 is 22.9 Å². The van der Waals surface area contributed by atoms with E-state index in [2.05, 4.69) is 23.3 Å². The fourth-order valence-electron chi connectivity index (χ4n) is 3.15. The molecule has 0 amide bonds. The van der Waals surface area contributed by atoms with Crippen molar-refractivity contribution in [2.24, 2.45) is 0 Å². The van der Waals surface area contributed by atoms with Crippen molar-refractivity contribution in [3.05, 3.63) is 56.7 Å². The standard InChI is InChI=1S/C17H18ClNO2S/c1-11-9-15(22-10-11)16(12-5-2-3-6-13(12)18)19-8-4-7-14(19)17(20)21/h2-3,5-6,9-10,14,16H,4,7-8H2,1H3,(H,20,21). The van der Waals surface area contributed by atoms with Crippen LogP contribution in [0.3, 0.4) is 0 Å². The minimum atomic E-state index is -0.747. The molecule has 1 aliphatic rings. The van der Waals surface area contributed by atoms with Crippen LogP contribution in [0.1, 0.15) is 34.9 Å². The number of carbonyl (C=O) groups is 1. The van der Waals surface area contributed by atoms with E-state index in [0.717, 1.165) is 23.4 Å². The fourth-order valence-corrected chi connectivity index (χ4v) is 4.43. The molecular formula is C17H18ClNO2S.